The van der Waals surface area contributed by atoms with Crippen LogP contribution in [0.4, 0.5) is 0 Å². The number of hydrogen-bond donors (Lipinski definition) is 3. The molecule has 0 spiro atoms. The van der Waals surface area contributed by atoms with Gasteiger partial charge in [0.25, 0.3) is 0 Å². The predicted molar refractivity (Wildman–Crippen MR) is 139 cm³/mol. The van der Waals surface area contributed by atoms with Crippen molar-refractivity contribution in [2.24, 2.45) is 0 Å². The molecule has 0 amide bonds. The summed E-state index contributed by atoms with van der Waals surface area (Å²) in [4.78, 5) is 0. The minimum atomic E-state index is -0.773. The Balaban J connectivity index is 3.62. The van der Waals surface area contributed by atoms with Gasteiger partial charge in [0.15, 0.2) is 0 Å². The van der Waals surface area contributed by atoms with E-state index in [2.05, 4.69) is 35.5 Å². The van der Waals surface area contributed by atoms with Crippen molar-refractivity contribution in [3.8, 4) is 48.4 Å². The van der Waals surface area contributed by atoms with Crippen LogP contribution in [0.25, 0.3) is 0 Å². The number of unbranched alkanes of at least 4 members (excludes halogenated alkanes) is 10. The molecule has 3 nitrogen and oxygen atoms in total. The molecule has 0 bridgehead atoms. The van der Waals surface area contributed by atoms with Gasteiger partial charge in [-0.2, -0.15) is 0 Å². The highest BCUT2D eigenvalue weighted by Gasteiger charge is 1.92. The molecule has 33 heavy (non-hydrogen) atoms. The van der Waals surface area contributed by atoms with E-state index in [4.69, 9.17) is 12.8 Å². The summed E-state index contributed by atoms with van der Waals surface area (Å²) >= 11 is 0. The van der Waals surface area contributed by atoms with E-state index >= 15 is 0 Å². The van der Waals surface area contributed by atoms with Crippen LogP contribution in [0.15, 0.2) is 36.5 Å². The molecule has 0 saturated heterocycles. The number of aliphatic hydroxyl groups excluding tert-OH is 3. The molecule has 0 fully saturated rings. The molecule has 0 aromatic carbocycles. The van der Waals surface area contributed by atoms with Crippen LogP contribution in [-0.2, 0) is 0 Å². The van der Waals surface area contributed by atoms with Crippen molar-refractivity contribution in [3.05, 3.63) is 36.5 Å². The van der Waals surface area contributed by atoms with Gasteiger partial charge in [-0.3, -0.25) is 0 Å². The molecule has 0 rings (SSSR count). The van der Waals surface area contributed by atoms with Crippen molar-refractivity contribution in [1.29, 1.82) is 0 Å². The summed E-state index contributed by atoms with van der Waals surface area (Å²) in [6, 6.07) is 0. The summed E-state index contributed by atoms with van der Waals surface area (Å²) in [6.07, 6.45) is 31.6. The zero-order valence-electron chi connectivity index (χ0n) is 19.9. The molecule has 3 heteroatoms. The molecule has 0 aliphatic rings. The largest absolute Gasteiger partial charge is 0.377 e. The van der Waals surface area contributed by atoms with E-state index < -0.39 is 18.3 Å². The van der Waals surface area contributed by atoms with E-state index in [0.717, 1.165) is 77.0 Å². The lowest BCUT2D eigenvalue weighted by Gasteiger charge is -1.97. The van der Waals surface area contributed by atoms with Crippen LogP contribution in [0, 0.1) is 48.4 Å². The molecule has 0 radical (unpaired) electrons. The maximum Gasteiger partial charge on any atom is 0.133 e. The fourth-order valence-corrected chi connectivity index (χ4v) is 2.86. The molecule has 0 heterocycles. The molecule has 0 aromatic heterocycles. The van der Waals surface area contributed by atoms with Gasteiger partial charge in [0.1, 0.15) is 18.3 Å². The zero-order valence-corrected chi connectivity index (χ0v) is 19.9. The van der Waals surface area contributed by atoms with E-state index in [1.807, 2.05) is 18.2 Å². The average Bonchev–Trinajstić information content (AvgIpc) is 2.82. The van der Waals surface area contributed by atoms with E-state index in [9.17, 15) is 15.3 Å². The van der Waals surface area contributed by atoms with Gasteiger partial charge < -0.3 is 15.3 Å². The Morgan fingerprint density at radius 2 is 1.03 bits per heavy atom. The quantitative estimate of drug-likeness (QED) is 0.175. The molecule has 0 aromatic rings. The standard InChI is InChI=1S/C30H40O3/c1-3-28(31)24-20-16-12-8-6-5-7-9-14-18-22-26-30(33)27-23-19-15-11-10-13-17-21-25-29(32)4-2/h1-2,20-22,24-26,28-33H,5-8,10-13,15-19H2. The monoisotopic (exact) mass is 448 g/mol. The summed E-state index contributed by atoms with van der Waals surface area (Å²) in [6.45, 7) is 0. The second-order valence-corrected chi connectivity index (χ2v) is 7.74. The van der Waals surface area contributed by atoms with Crippen molar-refractivity contribution in [2.75, 3.05) is 0 Å². The zero-order chi connectivity index (χ0) is 24.4. The van der Waals surface area contributed by atoms with E-state index in [1.54, 1.807) is 18.2 Å². The third kappa shape index (κ3) is 23.8. The van der Waals surface area contributed by atoms with Gasteiger partial charge in [0.2, 0.25) is 0 Å². The van der Waals surface area contributed by atoms with Crippen LogP contribution in [0.2, 0.25) is 0 Å². The van der Waals surface area contributed by atoms with Crippen molar-refractivity contribution >= 4 is 0 Å². The molecule has 3 N–H and O–H groups in total. The highest BCUT2D eigenvalue weighted by molar-refractivity contribution is 5.14. The highest BCUT2D eigenvalue weighted by Crippen LogP contribution is 2.07. The van der Waals surface area contributed by atoms with Gasteiger partial charge in [0.05, 0.1) is 0 Å². The fraction of sp³-hybridized carbons (Fsp3) is 0.533. The first kappa shape index (κ1) is 30.3. The van der Waals surface area contributed by atoms with Gasteiger partial charge in [-0.05, 0) is 56.8 Å². The minimum Gasteiger partial charge on any atom is -0.377 e. The minimum absolute atomic E-state index is 0.633. The Bertz CT molecular complexity index is 768. The maximum atomic E-state index is 9.84. The molecular weight excluding hydrogens is 408 g/mol. The van der Waals surface area contributed by atoms with Crippen LogP contribution >= 0.6 is 0 Å². The third-order valence-electron chi connectivity index (χ3n) is 4.74. The van der Waals surface area contributed by atoms with E-state index in [1.165, 1.54) is 0 Å². The first-order valence-electron chi connectivity index (χ1n) is 12.0. The van der Waals surface area contributed by atoms with E-state index in [0.29, 0.717) is 6.42 Å². The first-order chi connectivity index (χ1) is 16.1. The Hall–Kier alpha value is -2.66. The Morgan fingerprint density at radius 1 is 0.545 bits per heavy atom. The average molecular weight is 449 g/mol. The number of rotatable bonds is 16. The normalized spacial score (nSPS) is 13.6. The Kier molecular flexibility index (Phi) is 22.1. The fourth-order valence-electron chi connectivity index (χ4n) is 2.86. The van der Waals surface area contributed by atoms with Gasteiger partial charge in [-0.15, -0.1) is 24.7 Å². The summed E-state index contributed by atoms with van der Waals surface area (Å²) in [5.41, 5.74) is 0. The van der Waals surface area contributed by atoms with Crippen molar-refractivity contribution in [2.45, 2.75) is 102 Å². The molecule has 3 unspecified atom stereocenters. The first-order valence-corrected chi connectivity index (χ1v) is 12.0. The number of terminal acetylenes is 2. The number of hydrogen-bond acceptors (Lipinski definition) is 3. The highest BCUT2D eigenvalue weighted by atomic mass is 16.3. The van der Waals surface area contributed by atoms with Crippen LogP contribution in [0.1, 0.15) is 83.5 Å². The van der Waals surface area contributed by atoms with Crippen LogP contribution in [-0.4, -0.2) is 33.6 Å². The van der Waals surface area contributed by atoms with Gasteiger partial charge in [-0.25, -0.2) is 0 Å². The van der Waals surface area contributed by atoms with E-state index in [-0.39, 0.29) is 0 Å². The van der Waals surface area contributed by atoms with Gasteiger partial charge in [0, 0.05) is 19.3 Å². The summed E-state index contributed by atoms with van der Waals surface area (Å²) in [5.74, 6) is 16.6. The van der Waals surface area contributed by atoms with Crippen molar-refractivity contribution in [1.82, 2.24) is 0 Å². The Labute approximate surface area is 202 Å². The second kappa shape index (κ2) is 24.0. The summed E-state index contributed by atoms with van der Waals surface area (Å²) < 4.78 is 0. The molecule has 0 saturated carbocycles. The molecule has 178 valence electrons. The Morgan fingerprint density at radius 3 is 1.58 bits per heavy atom. The number of allylic oxidation sites excluding steroid dienone is 3. The topological polar surface area (TPSA) is 60.7 Å². The second-order valence-electron chi connectivity index (χ2n) is 7.74. The summed E-state index contributed by atoms with van der Waals surface area (Å²) in [7, 11) is 0. The van der Waals surface area contributed by atoms with Crippen molar-refractivity contribution in [3.63, 3.8) is 0 Å². The SMILES string of the molecule is C#CC(O)C=CCCCCCCC#CCC=CC(O)C#CCCCCCCC=CC(O)C#C. The third-order valence-corrected chi connectivity index (χ3v) is 4.74. The lowest BCUT2D eigenvalue weighted by Crippen LogP contribution is -1.96. The van der Waals surface area contributed by atoms with Gasteiger partial charge in [-0.1, -0.05) is 67.6 Å². The van der Waals surface area contributed by atoms with Gasteiger partial charge >= 0.3 is 0 Å². The lowest BCUT2D eigenvalue weighted by molar-refractivity contribution is 0.280. The molecule has 3 atom stereocenters. The van der Waals surface area contributed by atoms with Crippen LogP contribution in [0.3, 0.4) is 0 Å². The van der Waals surface area contributed by atoms with Crippen LogP contribution < -0.4 is 0 Å². The van der Waals surface area contributed by atoms with Crippen molar-refractivity contribution < 1.29 is 15.3 Å². The summed E-state index contributed by atoms with van der Waals surface area (Å²) in [5, 5.41) is 28.2. The number of aliphatic hydroxyl groups is 3. The lowest BCUT2D eigenvalue weighted by atomic mass is 10.1. The molecule has 0 aliphatic heterocycles. The predicted octanol–water partition coefficient (Wildman–Crippen LogP) is 5.08. The molecular formula is C30H40O3. The smallest absolute Gasteiger partial charge is 0.133 e. The molecule has 0 aliphatic carbocycles. The maximum absolute atomic E-state index is 9.84. The van der Waals surface area contributed by atoms with Crippen LogP contribution in [0.5, 0.6) is 0 Å².